The van der Waals surface area contributed by atoms with Crippen LogP contribution in [-0.4, -0.2) is 15.4 Å². The van der Waals surface area contributed by atoms with Crippen LogP contribution in [0.1, 0.15) is 97.8 Å². The number of phosphoric acid groups is 1. The zero-order chi connectivity index (χ0) is 16.2. The van der Waals surface area contributed by atoms with E-state index in [1.807, 2.05) is 6.92 Å². The monoisotopic (exact) mass is 322 g/mol. The molecule has 128 valence electrons. The molecule has 0 aliphatic heterocycles. The van der Waals surface area contributed by atoms with Gasteiger partial charge in [0.15, 0.2) is 0 Å². The minimum Gasteiger partial charge on any atom is -0.303 e. The Balaban J connectivity index is 4.48. The van der Waals surface area contributed by atoms with Gasteiger partial charge in [-0.05, 0) is 19.3 Å². The van der Waals surface area contributed by atoms with E-state index >= 15 is 0 Å². The minimum absolute atomic E-state index is 0.630. The van der Waals surface area contributed by atoms with E-state index in [1.54, 1.807) is 0 Å². The molecule has 0 bridgehead atoms. The summed E-state index contributed by atoms with van der Waals surface area (Å²) in [4.78, 5) is 18.5. The van der Waals surface area contributed by atoms with Crippen LogP contribution in [0.5, 0.6) is 0 Å². The Morgan fingerprint density at radius 3 is 1.81 bits per heavy atom. The molecule has 2 N–H and O–H groups in total. The SMILES string of the molecule is CCCCCCCCC(CCC)(CCCC)OP(=O)(O)O. The summed E-state index contributed by atoms with van der Waals surface area (Å²) in [7, 11) is -4.42. The third-order valence-electron chi connectivity index (χ3n) is 3.99. The summed E-state index contributed by atoms with van der Waals surface area (Å²) in [6, 6.07) is 0. The zero-order valence-corrected chi connectivity index (χ0v) is 15.0. The van der Waals surface area contributed by atoms with Crippen molar-refractivity contribution in [3.05, 3.63) is 0 Å². The Hall–Kier alpha value is 0.110. The summed E-state index contributed by atoms with van der Waals surface area (Å²) in [5, 5.41) is 0. The molecule has 21 heavy (non-hydrogen) atoms. The molecule has 0 saturated heterocycles. The molecule has 0 saturated carbocycles. The Morgan fingerprint density at radius 1 is 0.762 bits per heavy atom. The van der Waals surface area contributed by atoms with Gasteiger partial charge in [-0.15, -0.1) is 0 Å². The molecule has 5 heteroatoms. The van der Waals surface area contributed by atoms with Crippen molar-refractivity contribution in [3.8, 4) is 0 Å². The van der Waals surface area contributed by atoms with Crippen molar-refractivity contribution < 1.29 is 18.9 Å². The average molecular weight is 322 g/mol. The number of phosphoric ester groups is 1. The van der Waals surface area contributed by atoms with Crippen molar-refractivity contribution in [2.24, 2.45) is 0 Å². The minimum atomic E-state index is -4.42. The van der Waals surface area contributed by atoms with Crippen molar-refractivity contribution in [1.29, 1.82) is 0 Å². The summed E-state index contributed by atoms with van der Waals surface area (Å²) in [5.41, 5.74) is -0.630. The molecule has 0 heterocycles. The van der Waals surface area contributed by atoms with Gasteiger partial charge in [-0.3, -0.25) is 4.52 Å². The first kappa shape index (κ1) is 21.1. The summed E-state index contributed by atoms with van der Waals surface area (Å²) >= 11 is 0. The fourth-order valence-corrected chi connectivity index (χ4v) is 3.72. The van der Waals surface area contributed by atoms with E-state index < -0.39 is 13.4 Å². The van der Waals surface area contributed by atoms with Gasteiger partial charge in [0.05, 0.1) is 5.60 Å². The van der Waals surface area contributed by atoms with E-state index in [9.17, 15) is 14.4 Å². The normalized spacial score (nSPS) is 15.1. The first-order chi connectivity index (χ1) is 9.89. The van der Waals surface area contributed by atoms with Crippen molar-refractivity contribution in [2.75, 3.05) is 0 Å². The zero-order valence-electron chi connectivity index (χ0n) is 14.1. The van der Waals surface area contributed by atoms with Crippen LogP contribution >= 0.6 is 7.82 Å². The third kappa shape index (κ3) is 11.3. The molecule has 1 atom stereocenters. The molecule has 0 spiro atoms. The molecule has 0 radical (unpaired) electrons. The van der Waals surface area contributed by atoms with Crippen LogP contribution in [0.4, 0.5) is 0 Å². The predicted molar refractivity (Wildman–Crippen MR) is 88.3 cm³/mol. The Kier molecular flexibility index (Phi) is 11.7. The molecule has 0 amide bonds. The lowest BCUT2D eigenvalue weighted by molar-refractivity contribution is 0.00718. The Morgan fingerprint density at radius 2 is 1.29 bits per heavy atom. The number of rotatable bonds is 14. The van der Waals surface area contributed by atoms with Crippen LogP contribution in [0, 0.1) is 0 Å². The molecule has 1 unspecified atom stereocenters. The molecule has 0 aromatic carbocycles. The van der Waals surface area contributed by atoms with Crippen LogP contribution in [0.2, 0.25) is 0 Å². The summed E-state index contributed by atoms with van der Waals surface area (Å²) in [6.45, 7) is 6.34. The smallest absolute Gasteiger partial charge is 0.303 e. The molecular formula is C16H35O4P. The molecule has 0 rings (SSSR count). The average Bonchev–Trinajstić information content (AvgIpc) is 2.39. The largest absolute Gasteiger partial charge is 0.470 e. The highest BCUT2D eigenvalue weighted by Gasteiger charge is 2.36. The van der Waals surface area contributed by atoms with E-state index in [1.165, 1.54) is 25.7 Å². The van der Waals surface area contributed by atoms with Gasteiger partial charge in [-0.1, -0.05) is 78.6 Å². The molecule has 0 aliphatic carbocycles. The Labute approximate surface area is 130 Å². The summed E-state index contributed by atoms with van der Waals surface area (Å²) in [6.07, 6.45) is 12.2. The van der Waals surface area contributed by atoms with Crippen molar-refractivity contribution in [2.45, 2.75) is 103 Å². The molecular weight excluding hydrogens is 287 g/mol. The van der Waals surface area contributed by atoms with Crippen LogP contribution < -0.4 is 0 Å². The maximum atomic E-state index is 11.3. The van der Waals surface area contributed by atoms with E-state index in [0.29, 0.717) is 0 Å². The highest BCUT2D eigenvalue weighted by molar-refractivity contribution is 7.46. The van der Waals surface area contributed by atoms with Gasteiger partial charge in [0, 0.05) is 0 Å². The fourth-order valence-electron chi connectivity index (χ4n) is 2.95. The lowest BCUT2D eigenvalue weighted by atomic mass is 9.86. The van der Waals surface area contributed by atoms with Crippen LogP contribution in [-0.2, 0) is 9.09 Å². The van der Waals surface area contributed by atoms with Crippen LogP contribution in [0.3, 0.4) is 0 Å². The number of unbranched alkanes of at least 4 members (excludes halogenated alkanes) is 6. The second-order valence-corrected chi connectivity index (χ2v) is 7.30. The van der Waals surface area contributed by atoms with E-state index in [0.717, 1.165) is 51.4 Å². The summed E-state index contributed by atoms with van der Waals surface area (Å²) in [5.74, 6) is 0. The Bertz CT molecular complexity index is 290. The van der Waals surface area contributed by atoms with Crippen molar-refractivity contribution in [1.82, 2.24) is 0 Å². The highest BCUT2D eigenvalue weighted by Crippen LogP contribution is 2.47. The van der Waals surface area contributed by atoms with Gasteiger partial charge in [-0.25, -0.2) is 4.57 Å². The lowest BCUT2D eigenvalue weighted by Crippen LogP contribution is -2.31. The maximum absolute atomic E-state index is 11.3. The quantitative estimate of drug-likeness (QED) is 0.324. The van der Waals surface area contributed by atoms with Gasteiger partial charge in [0.1, 0.15) is 0 Å². The standard InChI is InChI=1S/C16H35O4P/c1-4-7-9-10-11-12-15-16(13-6-3,14-8-5-2)20-21(17,18)19/h4-15H2,1-3H3,(H2,17,18,19). The highest BCUT2D eigenvalue weighted by atomic mass is 31.2. The van der Waals surface area contributed by atoms with Crippen molar-refractivity contribution >= 4 is 7.82 Å². The molecule has 0 aliphatic rings. The van der Waals surface area contributed by atoms with Crippen LogP contribution in [0.15, 0.2) is 0 Å². The first-order valence-corrected chi connectivity index (χ1v) is 10.2. The summed E-state index contributed by atoms with van der Waals surface area (Å²) < 4.78 is 16.6. The van der Waals surface area contributed by atoms with Gasteiger partial charge < -0.3 is 9.79 Å². The predicted octanol–water partition coefficient (Wildman–Crippen LogP) is 5.58. The molecule has 0 aromatic heterocycles. The third-order valence-corrected chi connectivity index (χ3v) is 4.62. The maximum Gasteiger partial charge on any atom is 0.470 e. The number of hydrogen-bond acceptors (Lipinski definition) is 2. The van der Waals surface area contributed by atoms with E-state index in [-0.39, 0.29) is 0 Å². The van der Waals surface area contributed by atoms with E-state index in [2.05, 4.69) is 13.8 Å². The van der Waals surface area contributed by atoms with Crippen molar-refractivity contribution in [3.63, 3.8) is 0 Å². The first-order valence-electron chi connectivity index (χ1n) is 8.65. The molecule has 4 nitrogen and oxygen atoms in total. The lowest BCUT2D eigenvalue weighted by Gasteiger charge is -2.34. The second-order valence-electron chi connectivity index (χ2n) is 6.14. The van der Waals surface area contributed by atoms with Crippen LogP contribution in [0.25, 0.3) is 0 Å². The van der Waals surface area contributed by atoms with E-state index in [4.69, 9.17) is 4.52 Å². The van der Waals surface area contributed by atoms with Gasteiger partial charge in [0.2, 0.25) is 0 Å². The molecule has 0 aromatic rings. The number of hydrogen-bond donors (Lipinski definition) is 2. The van der Waals surface area contributed by atoms with Gasteiger partial charge in [-0.2, -0.15) is 0 Å². The van der Waals surface area contributed by atoms with Gasteiger partial charge >= 0.3 is 7.82 Å². The topological polar surface area (TPSA) is 66.8 Å². The molecule has 0 fully saturated rings. The second kappa shape index (κ2) is 11.6. The van der Waals surface area contributed by atoms with Gasteiger partial charge in [0.25, 0.3) is 0 Å². The fraction of sp³-hybridized carbons (Fsp3) is 1.00.